The lowest BCUT2D eigenvalue weighted by atomic mass is 9.82. The van der Waals surface area contributed by atoms with Crippen LogP contribution in [0.2, 0.25) is 0 Å². The van der Waals surface area contributed by atoms with Crippen LogP contribution < -0.4 is 4.90 Å². The van der Waals surface area contributed by atoms with Crippen molar-refractivity contribution >= 4 is 28.8 Å². The minimum atomic E-state index is -1.07. The molecule has 184 valence electrons. The highest BCUT2D eigenvalue weighted by atomic mass is 16.6. The number of carbonyl (C=O) groups excluding carboxylic acids is 1. The number of carboxylic acids is 1. The molecule has 1 N–H and O–H groups in total. The molecule has 0 atom stereocenters. The highest BCUT2D eigenvalue weighted by molar-refractivity contribution is 5.98. The van der Waals surface area contributed by atoms with Gasteiger partial charge in [0.05, 0.1) is 29.1 Å². The Bertz CT molecular complexity index is 1230. The largest absolute Gasteiger partial charge is 0.477 e. The number of hydrogen-bond donors (Lipinski definition) is 1. The van der Waals surface area contributed by atoms with Crippen molar-refractivity contribution in [1.29, 1.82) is 0 Å². The number of piperazine rings is 1. The van der Waals surface area contributed by atoms with E-state index in [1.54, 1.807) is 15.6 Å². The van der Waals surface area contributed by atoms with E-state index >= 15 is 0 Å². The predicted molar refractivity (Wildman–Crippen MR) is 132 cm³/mol. The number of fused-ring (bicyclic) bond motifs is 1. The van der Waals surface area contributed by atoms with Crippen molar-refractivity contribution in [2.45, 2.75) is 39.0 Å². The number of rotatable bonds is 6. The predicted octanol–water partition coefficient (Wildman–Crippen LogP) is 4.30. The van der Waals surface area contributed by atoms with E-state index in [1.165, 1.54) is 0 Å². The first-order chi connectivity index (χ1) is 16.9. The zero-order valence-electron chi connectivity index (χ0n) is 20.2. The third-order valence-corrected chi connectivity index (χ3v) is 6.77. The zero-order valence-corrected chi connectivity index (χ0v) is 20.2. The minimum Gasteiger partial charge on any atom is -0.477 e. The Hall–Kier alpha value is -3.62. The highest BCUT2D eigenvalue weighted by Crippen LogP contribution is 2.42. The maximum absolute atomic E-state index is 12.4. The van der Waals surface area contributed by atoms with Crippen molar-refractivity contribution in [3.8, 4) is 5.69 Å². The summed E-state index contributed by atoms with van der Waals surface area (Å²) in [4.78, 5) is 32.9. The fourth-order valence-corrected chi connectivity index (χ4v) is 4.66. The average molecular weight is 478 g/mol. The molecule has 2 fully saturated rings. The van der Waals surface area contributed by atoms with Crippen molar-refractivity contribution in [2.24, 2.45) is 5.92 Å². The maximum atomic E-state index is 12.4. The molecule has 1 saturated carbocycles. The van der Waals surface area contributed by atoms with Gasteiger partial charge in [0, 0.05) is 32.1 Å². The van der Waals surface area contributed by atoms with Crippen LogP contribution in [0.5, 0.6) is 0 Å². The van der Waals surface area contributed by atoms with Gasteiger partial charge in [-0.15, -0.1) is 0 Å². The summed E-state index contributed by atoms with van der Waals surface area (Å²) in [5, 5.41) is 15.7. The number of para-hydroxylation sites is 1. The monoisotopic (exact) mass is 477 g/mol. The van der Waals surface area contributed by atoms with E-state index in [0.717, 1.165) is 41.7 Å². The number of nitrogens with zero attached hydrogens (tertiary/aromatic N) is 5. The lowest BCUT2D eigenvalue weighted by Gasteiger charge is -2.36. The summed E-state index contributed by atoms with van der Waals surface area (Å²) in [6.07, 6.45) is 3.00. The molecule has 9 nitrogen and oxygen atoms in total. The van der Waals surface area contributed by atoms with E-state index in [9.17, 15) is 14.7 Å². The Balaban J connectivity index is 1.53. The number of hydrogen-bond acceptors (Lipinski definition) is 6. The van der Waals surface area contributed by atoms with Gasteiger partial charge < -0.3 is 19.6 Å². The highest BCUT2D eigenvalue weighted by Gasteiger charge is 2.31. The molecule has 3 aromatic rings. The van der Waals surface area contributed by atoms with Gasteiger partial charge in [0.15, 0.2) is 11.3 Å². The third kappa shape index (κ3) is 4.54. The van der Waals surface area contributed by atoms with Gasteiger partial charge in [-0.2, -0.15) is 5.10 Å². The first-order valence-electron chi connectivity index (χ1n) is 12.3. The van der Waals surface area contributed by atoms with E-state index in [0.29, 0.717) is 44.4 Å². The Morgan fingerprint density at radius 2 is 1.83 bits per heavy atom. The van der Waals surface area contributed by atoms with Gasteiger partial charge in [-0.05, 0) is 37.0 Å². The number of aromatic carboxylic acids is 1. The molecular formula is C26H31N5O4. The molecule has 9 heteroatoms. The zero-order chi connectivity index (χ0) is 24.5. The molecule has 5 rings (SSSR count). The van der Waals surface area contributed by atoms with Crippen LogP contribution >= 0.6 is 0 Å². The first kappa shape index (κ1) is 23.1. The summed E-state index contributed by atoms with van der Waals surface area (Å²) in [6, 6.07) is 11.4. The molecule has 0 radical (unpaired) electrons. The van der Waals surface area contributed by atoms with Crippen LogP contribution in [0.15, 0.2) is 36.4 Å². The fraction of sp³-hybridized carbons (Fsp3) is 0.462. The first-order valence-corrected chi connectivity index (χ1v) is 12.3. The quantitative estimate of drug-likeness (QED) is 0.565. The second-order valence-electron chi connectivity index (χ2n) is 9.74. The van der Waals surface area contributed by atoms with Crippen LogP contribution in [0.25, 0.3) is 16.7 Å². The summed E-state index contributed by atoms with van der Waals surface area (Å²) >= 11 is 0. The van der Waals surface area contributed by atoms with Gasteiger partial charge in [0.25, 0.3) is 0 Å². The molecule has 1 aliphatic heterocycles. The molecule has 1 aromatic carbocycles. The van der Waals surface area contributed by atoms with Crippen LogP contribution in [-0.2, 0) is 4.74 Å². The van der Waals surface area contributed by atoms with E-state index in [4.69, 9.17) is 9.84 Å². The average Bonchev–Trinajstić information content (AvgIpc) is 3.20. The van der Waals surface area contributed by atoms with Crippen molar-refractivity contribution in [3.05, 3.63) is 47.8 Å². The Morgan fingerprint density at radius 3 is 2.43 bits per heavy atom. The lowest BCUT2D eigenvalue weighted by Crippen LogP contribution is -2.49. The topological polar surface area (TPSA) is 101 Å². The van der Waals surface area contributed by atoms with Crippen molar-refractivity contribution in [3.63, 3.8) is 0 Å². The van der Waals surface area contributed by atoms with Crippen LogP contribution in [-0.4, -0.2) is 69.6 Å². The second kappa shape index (κ2) is 9.56. The molecule has 0 unspecified atom stereocenters. The van der Waals surface area contributed by atoms with Crippen molar-refractivity contribution in [2.75, 3.05) is 37.7 Å². The van der Waals surface area contributed by atoms with Crippen LogP contribution in [0.1, 0.15) is 55.2 Å². The van der Waals surface area contributed by atoms with Gasteiger partial charge in [0.2, 0.25) is 0 Å². The number of ether oxygens (including phenoxy) is 1. The molecule has 1 saturated heterocycles. The summed E-state index contributed by atoms with van der Waals surface area (Å²) in [7, 11) is 0. The van der Waals surface area contributed by atoms with E-state index < -0.39 is 5.97 Å². The summed E-state index contributed by atoms with van der Waals surface area (Å²) in [5.74, 6) is -0.452. The number of benzene rings is 1. The molecule has 2 aromatic heterocycles. The van der Waals surface area contributed by atoms with Gasteiger partial charge in [-0.25, -0.2) is 19.3 Å². The maximum Gasteiger partial charge on any atom is 0.409 e. The smallest absolute Gasteiger partial charge is 0.409 e. The van der Waals surface area contributed by atoms with E-state index in [2.05, 4.69) is 9.88 Å². The van der Waals surface area contributed by atoms with E-state index in [1.807, 2.05) is 44.2 Å². The Labute approximate surface area is 204 Å². The Morgan fingerprint density at radius 1 is 1.11 bits per heavy atom. The molecule has 0 spiro atoms. The molecule has 0 bridgehead atoms. The second-order valence-corrected chi connectivity index (χ2v) is 9.74. The van der Waals surface area contributed by atoms with Gasteiger partial charge in [-0.1, -0.05) is 38.5 Å². The number of pyridine rings is 1. The standard InChI is InChI=1S/C26H31N5O4/c1-17(2)16-35-26(34)30-13-11-29(12-14-30)21-15-20(25(32)33)27-24-22(21)23(18-7-6-8-18)28-31(24)19-9-4-3-5-10-19/h3-5,9-10,15,17-18H,6-8,11-14,16H2,1-2H3,(H,32,33). The van der Waals surface area contributed by atoms with Crippen LogP contribution in [0, 0.1) is 5.92 Å². The number of amides is 1. The SMILES string of the molecule is CC(C)COC(=O)N1CCN(c2cc(C(=O)O)nc3c2c(C2CCC2)nn3-c2ccccc2)CC1. The lowest BCUT2D eigenvalue weighted by molar-refractivity contribution is 0.0690. The van der Waals surface area contributed by atoms with Crippen molar-refractivity contribution in [1.82, 2.24) is 19.7 Å². The van der Waals surface area contributed by atoms with Crippen molar-refractivity contribution < 1.29 is 19.4 Å². The molecule has 3 heterocycles. The van der Waals surface area contributed by atoms with Gasteiger partial charge >= 0.3 is 12.1 Å². The number of carbonyl (C=O) groups is 2. The third-order valence-electron chi connectivity index (χ3n) is 6.77. The molecule has 1 aliphatic carbocycles. The number of carboxylic acid groups (broad SMARTS) is 1. The van der Waals surface area contributed by atoms with Gasteiger partial charge in [-0.3, -0.25) is 0 Å². The Kier molecular flexibility index (Phi) is 6.32. The summed E-state index contributed by atoms with van der Waals surface area (Å²) in [5.41, 5.74) is 3.21. The van der Waals surface area contributed by atoms with Gasteiger partial charge in [0.1, 0.15) is 0 Å². The number of anilines is 1. The summed E-state index contributed by atoms with van der Waals surface area (Å²) in [6.45, 7) is 6.59. The molecule has 1 amide bonds. The fourth-order valence-electron chi connectivity index (χ4n) is 4.66. The molecule has 2 aliphatic rings. The van der Waals surface area contributed by atoms with E-state index in [-0.39, 0.29) is 17.7 Å². The number of aromatic nitrogens is 3. The van der Waals surface area contributed by atoms with Crippen LogP contribution in [0.4, 0.5) is 10.5 Å². The minimum absolute atomic E-state index is 0.0106. The molecular weight excluding hydrogens is 446 g/mol. The summed E-state index contributed by atoms with van der Waals surface area (Å²) < 4.78 is 7.17. The van der Waals surface area contributed by atoms with Crippen LogP contribution in [0.3, 0.4) is 0 Å². The normalized spacial score (nSPS) is 16.5. The molecule has 35 heavy (non-hydrogen) atoms.